The smallest absolute Gasteiger partial charge is 0.275 e. The molecule has 23 heavy (non-hydrogen) atoms. The standard InChI is InChI=1S/C16H13N5O2/c1-20-11-13(16(19-20)12-6-8-17-9-7-12)2-3-14-4-5-15(10-18-14)21(22)23/h2-11H,1H3/b3-2+. The summed E-state index contributed by atoms with van der Waals surface area (Å²) in [6, 6.07) is 6.82. The molecular formula is C16H13N5O2. The highest BCUT2D eigenvalue weighted by molar-refractivity contribution is 5.77. The predicted octanol–water partition coefficient (Wildman–Crippen LogP) is 2.96. The molecular weight excluding hydrogens is 294 g/mol. The molecule has 0 aliphatic carbocycles. The summed E-state index contributed by atoms with van der Waals surface area (Å²) in [4.78, 5) is 18.2. The van der Waals surface area contributed by atoms with Crippen molar-refractivity contribution >= 4 is 17.8 Å². The second kappa shape index (κ2) is 6.18. The third kappa shape index (κ3) is 3.29. The molecule has 0 saturated carbocycles. The Balaban J connectivity index is 1.89. The van der Waals surface area contributed by atoms with E-state index in [1.54, 1.807) is 29.2 Å². The summed E-state index contributed by atoms with van der Waals surface area (Å²) in [7, 11) is 1.85. The molecule has 3 heterocycles. The van der Waals surface area contributed by atoms with Gasteiger partial charge in [-0.25, -0.2) is 4.98 Å². The maximum atomic E-state index is 10.6. The van der Waals surface area contributed by atoms with Gasteiger partial charge in [-0.1, -0.05) is 0 Å². The number of aryl methyl sites for hydroxylation is 1. The van der Waals surface area contributed by atoms with Crippen molar-refractivity contribution in [1.29, 1.82) is 0 Å². The molecule has 0 saturated heterocycles. The molecule has 0 N–H and O–H groups in total. The predicted molar refractivity (Wildman–Crippen MR) is 86.3 cm³/mol. The van der Waals surface area contributed by atoms with Crippen LogP contribution in [0, 0.1) is 10.1 Å². The van der Waals surface area contributed by atoms with Crippen LogP contribution in [0.1, 0.15) is 11.3 Å². The van der Waals surface area contributed by atoms with Crippen LogP contribution in [0.25, 0.3) is 23.4 Å². The average Bonchev–Trinajstić information content (AvgIpc) is 2.95. The molecule has 3 aromatic rings. The van der Waals surface area contributed by atoms with Gasteiger partial charge in [-0.2, -0.15) is 5.10 Å². The quantitative estimate of drug-likeness (QED) is 0.546. The van der Waals surface area contributed by atoms with Gasteiger partial charge in [0.2, 0.25) is 0 Å². The number of hydrogen-bond acceptors (Lipinski definition) is 5. The number of nitro groups is 1. The molecule has 0 bridgehead atoms. The van der Waals surface area contributed by atoms with Gasteiger partial charge in [0.15, 0.2) is 0 Å². The third-order valence-electron chi connectivity index (χ3n) is 3.23. The minimum atomic E-state index is -0.469. The number of rotatable bonds is 4. The van der Waals surface area contributed by atoms with E-state index >= 15 is 0 Å². The van der Waals surface area contributed by atoms with Gasteiger partial charge >= 0.3 is 0 Å². The summed E-state index contributed by atoms with van der Waals surface area (Å²) in [6.45, 7) is 0. The first kappa shape index (κ1) is 14.6. The number of aromatic nitrogens is 4. The average molecular weight is 307 g/mol. The summed E-state index contributed by atoms with van der Waals surface area (Å²) in [6.07, 6.45) is 10.3. The zero-order valence-corrected chi connectivity index (χ0v) is 12.3. The van der Waals surface area contributed by atoms with Gasteiger partial charge in [0, 0.05) is 42.8 Å². The maximum absolute atomic E-state index is 10.6. The molecule has 3 rings (SSSR count). The zero-order valence-electron chi connectivity index (χ0n) is 12.3. The number of nitrogens with zero attached hydrogens (tertiary/aromatic N) is 5. The Hall–Kier alpha value is -3.35. The van der Waals surface area contributed by atoms with Crippen molar-refractivity contribution in [2.24, 2.45) is 7.05 Å². The summed E-state index contributed by atoms with van der Waals surface area (Å²) in [5.41, 5.74) is 3.35. The summed E-state index contributed by atoms with van der Waals surface area (Å²) >= 11 is 0. The van der Waals surface area contributed by atoms with E-state index in [0.29, 0.717) is 5.69 Å². The van der Waals surface area contributed by atoms with Gasteiger partial charge in [0.05, 0.1) is 16.3 Å². The SMILES string of the molecule is Cn1cc(/C=C/c2ccc([N+](=O)[O-])cn2)c(-c2ccncc2)n1. The van der Waals surface area contributed by atoms with Gasteiger partial charge in [0.25, 0.3) is 5.69 Å². The van der Waals surface area contributed by atoms with E-state index in [-0.39, 0.29) is 5.69 Å². The van der Waals surface area contributed by atoms with Gasteiger partial charge in [0.1, 0.15) is 6.20 Å². The highest BCUT2D eigenvalue weighted by Gasteiger charge is 2.08. The van der Waals surface area contributed by atoms with Gasteiger partial charge in [-0.3, -0.25) is 19.8 Å². The Kier molecular flexibility index (Phi) is 3.92. The van der Waals surface area contributed by atoms with Crippen LogP contribution in [0.5, 0.6) is 0 Å². The first-order chi connectivity index (χ1) is 11.1. The second-order valence-corrected chi connectivity index (χ2v) is 4.87. The molecule has 3 aromatic heterocycles. The first-order valence-electron chi connectivity index (χ1n) is 6.86. The number of hydrogen-bond donors (Lipinski definition) is 0. The van der Waals surface area contributed by atoms with E-state index in [9.17, 15) is 10.1 Å². The van der Waals surface area contributed by atoms with Crippen molar-refractivity contribution < 1.29 is 4.92 Å². The maximum Gasteiger partial charge on any atom is 0.287 e. The lowest BCUT2D eigenvalue weighted by Crippen LogP contribution is -1.89. The Labute approximate surface area is 132 Å². The highest BCUT2D eigenvalue weighted by Crippen LogP contribution is 2.23. The van der Waals surface area contributed by atoms with Gasteiger partial charge in [-0.05, 0) is 30.4 Å². The Morgan fingerprint density at radius 1 is 1.17 bits per heavy atom. The normalized spacial score (nSPS) is 11.0. The van der Waals surface area contributed by atoms with E-state index in [2.05, 4.69) is 15.1 Å². The van der Waals surface area contributed by atoms with Crippen LogP contribution >= 0.6 is 0 Å². The van der Waals surface area contributed by atoms with Crippen LogP contribution in [0.4, 0.5) is 5.69 Å². The lowest BCUT2D eigenvalue weighted by atomic mass is 10.1. The largest absolute Gasteiger partial charge is 0.287 e. The molecule has 0 amide bonds. The van der Waals surface area contributed by atoms with Crippen LogP contribution in [-0.2, 0) is 7.05 Å². The Morgan fingerprint density at radius 3 is 2.61 bits per heavy atom. The summed E-state index contributed by atoms with van der Waals surface area (Å²) in [5.74, 6) is 0. The Bertz CT molecular complexity index is 854. The van der Waals surface area contributed by atoms with Crippen LogP contribution < -0.4 is 0 Å². The van der Waals surface area contributed by atoms with Gasteiger partial charge < -0.3 is 0 Å². The van der Waals surface area contributed by atoms with Crippen molar-refractivity contribution in [3.8, 4) is 11.3 Å². The van der Waals surface area contributed by atoms with E-state index < -0.39 is 4.92 Å². The molecule has 114 valence electrons. The zero-order chi connectivity index (χ0) is 16.2. The molecule has 0 aliphatic heterocycles. The minimum Gasteiger partial charge on any atom is -0.275 e. The van der Waals surface area contributed by atoms with Crippen LogP contribution in [0.2, 0.25) is 0 Å². The molecule has 7 nitrogen and oxygen atoms in total. The fraction of sp³-hybridized carbons (Fsp3) is 0.0625. The van der Waals surface area contributed by atoms with Crippen molar-refractivity contribution in [2.45, 2.75) is 0 Å². The molecule has 0 fully saturated rings. The molecule has 0 radical (unpaired) electrons. The fourth-order valence-corrected chi connectivity index (χ4v) is 2.14. The lowest BCUT2D eigenvalue weighted by molar-refractivity contribution is -0.385. The first-order valence-corrected chi connectivity index (χ1v) is 6.86. The van der Waals surface area contributed by atoms with Crippen molar-refractivity contribution in [3.05, 3.63) is 70.4 Å². The van der Waals surface area contributed by atoms with Crippen molar-refractivity contribution in [3.63, 3.8) is 0 Å². The molecule has 0 atom stereocenters. The van der Waals surface area contributed by atoms with Crippen LogP contribution in [0.15, 0.2) is 49.1 Å². The molecule has 0 aromatic carbocycles. The molecule has 0 aliphatic rings. The Morgan fingerprint density at radius 2 is 1.96 bits per heavy atom. The van der Waals surface area contributed by atoms with Gasteiger partial charge in [-0.15, -0.1) is 0 Å². The monoisotopic (exact) mass is 307 g/mol. The third-order valence-corrected chi connectivity index (χ3v) is 3.23. The molecule has 0 spiro atoms. The minimum absolute atomic E-state index is 0.0268. The molecule has 0 unspecified atom stereocenters. The topological polar surface area (TPSA) is 86.7 Å². The van der Waals surface area contributed by atoms with E-state index in [1.807, 2.05) is 31.5 Å². The van der Waals surface area contributed by atoms with E-state index in [1.165, 1.54) is 12.3 Å². The summed E-state index contributed by atoms with van der Waals surface area (Å²) in [5, 5.41) is 15.1. The lowest BCUT2D eigenvalue weighted by Gasteiger charge is -1.97. The van der Waals surface area contributed by atoms with E-state index in [0.717, 1.165) is 16.8 Å². The van der Waals surface area contributed by atoms with Crippen molar-refractivity contribution in [2.75, 3.05) is 0 Å². The highest BCUT2D eigenvalue weighted by atomic mass is 16.6. The summed E-state index contributed by atoms with van der Waals surface area (Å²) < 4.78 is 1.73. The van der Waals surface area contributed by atoms with Crippen molar-refractivity contribution in [1.82, 2.24) is 19.7 Å². The van der Waals surface area contributed by atoms with E-state index in [4.69, 9.17) is 0 Å². The van der Waals surface area contributed by atoms with Crippen LogP contribution in [-0.4, -0.2) is 24.7 Å². The number of pyridine rings is 2. The second-order valence-electron chi connectivity index (χ2n) is 4.87. The molecule has 7 heteroatoms. The fourth-order valence-electron chi connectivity index (χ4n) is 2.14. The van der Waals surface area contributed by atoms with Crippen LogP contribution in [0.3, 0.4) is 0 Å².